The van der Waals surface area contributed by atoms with E-state index < -0.39 is 108 Å². The number of aliphatic imine (C=N–C) groups is 1. The number of ketones is 3. The number of phenols is 1. The summed E-state index contributed by atoms with van der Waals surface area (Å²) in [5.41, 5.74) is 1.97. The van der Waals surface area contributed by atoms with Crippen LogP contribution in [0.2, 0.25) is 0 Å². The number of alkyl carbamates (subject to hydrolysis) is 1. The van der Waals surface area contributed by atoms with Gasteiger partial charge in [0.05, 0.1) is 53.5 Å². The van der Waals surface area contributed by atoms with Crippen molar-refractivity contribution in [3.05, 3.63) is 69.5 Å². The monoisotopic (exact) mass is 1120 g/mol. The van der Waals surface area contributed by atoms with Gasteiger partial charge in [0.1, 0.15) is 30.8 Å². The van der Waals surface area contributed by atoms with E-state index in [0.717, 1.165) is 32.5 Å². The maximum Gasteiger partial charge on any atom is 0.410 e. The van der Waals surface area contributed by atoms with E-state index in [2.05, 4.69) is 45.8 Å². The number of methoxy groups -OCH3 is 1. The minimum atomic E-state index is -1.96. The molecule has 5 N–H and O–H groups in total. The Kier molecular flexibility index (Phi) is 24.4. The van der Waals surface area contributed by atoms with Crippen molar-refractivity contribution in [2.75, 3.05) is 59.8 Å². The fraction of sp³-hybridized carbons (Fsp3) is 0.627. The molecule has 0 aromatic heterocycles. The van der Waals surface area contributed by atoms with Gasteiger partial charge in [-0.25, -0.2) is 4.79 Å². The van der Waals surface area contributed by atoms with Gasteiger partial charge in [0, 0.05) is 87.0 Å². The normalized spacial score (nSPS) is 21.0. The Balaban J connectivity index is 1.46. The zero-order valence-electron chi connectivity index (χ0n) is 49.3. The maximum absolute atomic E-state index is 14.7. The molecule has 3 aliphatic rings. The second-order valence-electron chi connectivity index (χ2n) is 22.0. The molecule has 0 bridgehead atoms. The van der Waals surface area contributed by atoms with Gasteiger partial charge in [-0.2, -0.15) is 0 Å². The number of Topliss-reactive ketones (excluding diaryl/α,β-unsaturated/α-hetero) is 3. The number of piperidine rings is 1. The third-order valence-corrected chi connectivity index (χ3v) is 15.3. The first-order valence-electron chi connectivity index (χ1n) is 27.4. The average Bonchev–Trinajstić information content (AvgIpc) is 3.85. The van der Waals surface area contributed by atoms with Gasteiger partial charge in [-0.3, -0.25) is 33.8 Å². The minimum absolute atomic E-state index is 0.00325. The number of nitrogens with zero attached hydrogens (tertiary/aromatic N) is 2. The van der Waals surface area contributed by atoms with E-state index in [-0.39, 0.29) is 65.7 Å². The number of aliphatic hydroxyl groups excluding tert-OH is 2. The number of carbonyl (C=O) groups is 7. The standard InChI is InChI=1S/C59H86N4O17/c1-16-43(65)76-31-77-57(73)61-29-44(66)75-27-23-60-28-45(67)79-54(34(5)19-17-18-33(4)41(12)64)39(10)51(69)38(9)50(68)37(8)42(74-15)20-26-78-59(14)56(72)48-46-47(53(71)40(11)55(48)80-59)52(70)36(7)35(6)49(46)62-58(13)21-24-63(25-22-58)30-32(2)3/h17-20,26,32,34,37-39,42,50-51,54,60,68-69,71H,16,21-25,27-31H2,1-15H3,(H,61,73)/b19-17+,26-20+,33-18-,62-49?/t34-,37+,38-,39-,42-,50+,51-,54-,59-/m0/s1. The van der Waals surface area contributed by atoms with E-state index in [4.69, 9.17) is 28.7 Å². The Morgan fingerprint density at radius 1 is 0.825 bits per heavy atom. The molecule has 1 aromatic carbocycles. The van der Waals surface area contributed by atoms with Crippen LogP contribution < -0.4 is 15.4 Å². The molecule has 2 heterocycles. The molecule has 2 aliphatic heterocycles. The fourth-order valence-electron chi connectivity index (χ4n) is 9.84. The van der Waals surface area contributed by atoms with E-state index in [0.29, 0.717) is 28.3 Å². The van der Waals surface area contributed by atoms with Gasteiger partial charge in [0.2, 0.25) is 6.79 Å². The second-order valence-corrected chi connectivity index (χ2v) is 22.0. The molecule has 1 saturated heterocycles. The number of likely N-dealkylation sites (tertiary alicyclic amines) is 1. The summed E-state index contributed by atoms with van der Waals surface area (Å²) < 4.78 is 38.5. The van der Waals surface area contributed by atoms with Crippen LogP contribution in [-0.4, -0.2) is 163 Å². The van der Waals surface area contributed by atoms with Gasteiger partial charge in [-0.1, -0.05) is 66.7 Å². The number of allylic oxidation sites excluding steroid dienone is 5. The number of aromatic hydroxyl groups is 1. The predicted molar refractivity (Wildman–Crippen MR) is 297 cm³/mol. The number of aliphatic hydroxyl groups is 2. The van der Waals surface area contributed by atoms with Crippen molar-refractivity contribution in [3.63, 3.8) is 0 Å². The smallest absolute Gasteiger partial charge is 0.410 e. The van der Waals surface area contributed by atoms with Crippen LogP contribution >= 0.6 is 0 Å². The highest BCUT2D eigenvalue weighted by molar-refractivity contribution is 6.33. The Bertz CT molecular complexity index is 2590. The number of phenolic OH excluding ortho intramolecular Hbond substituents is 1. The average molecular weight is 1120 g/mol. The quantitative estimate of drug-likeness (QED) is 0.0115. The van der Waals surface area contributed by atoms with Crippen molar-refractivity contribution in [2.45, 2.75) is 152 Å². The van der Waals surface area contributed by atoms with Gasteiger partial charge in [-0.15, -0.1) is 0 Å². The molecule has 1 aliphatic carbocycles. The highest BCUT2D eigenvalue weighted by Crippen LogP contribution is 2.49. The summed E-state index contributed by atoms with van der Waals surface area (Å²) >= 11 is 0. The van der Waals surface area contributed by atoms with Crippen molar-refractivity contribution < 1.29 is 82.0 Å². The molecule has 1 fully saturated rings. The molecule has 80 heavy (non-hydrogen) atoms. The predicted octanol–water partition coefficient (Wildman–Crippen LogP) is 6.41. The SMILES string of the molecule is CCC(=O)OCOC(=O)NCC(=O)OCCNCC(=O)O[C@H]([C@@H](C)[C@@H](O)[C@@H](C)[C@H](O)[C@H](C)[C@H](/C=C/O[C@@]1(C)Oc2c(C)c(O)c3c(c2C1=O)C(=NC1(C)CCN(CC(C)C)CC1)C(C)=C(C)C3=O)OC)[C@@H](C)/C=C/C=C(/C)C(C)=O. The van der Waals surface area contributed by atoms with Crippen LogP contribution in [-0.2, 0) is 47.6 Å². The summed E-state index contributed by atoms with van der Waals surface area (Å²) in [5, 5.41) is 40.4. The van der Waals surface area contributed by atoms with E-state index in [1.165, 1.54) is 33.3 Å². The number of amides is 1. The second kappa shape index (κ2) is 29.5. The Morgan fingerprint density at radius 3 is 2.09 bits per heavy atom. The van der Waals surface area contributed by atoms with Crippen molar-refractivity contribution in [1.82, 2.24) is 15.5 Å². The first-order chi connectivity index (χ1) is 37.5. The third-order valence-electron chi connectivity index (χ3n) is 15.3. The highest BCUT2D eigenvalue weighted by atomic mass is 16.7. The molecule has 1 amide bonds. The maximum atomic E-state index is 14.7. The van der Waals surface area contributed by atoms with E-state index in [9.17, 15) is 48.9 Å². The number of benzene rings is 1. The van der Waals surface area contributed by atoms with Gasteiger partial charge in [-0.05, 0) is 77.5 Å². The molecule has 0 radical (unpaired) electrons. The van der Waals surface area contributed by atoms with Crippen molar-refractivity contribution >= 4 is 47.1 Å². The summed E-state index contributed by atoms with van der Waals surface area (Å²) in [7, 11) is 1.43. The molecular formula is C59H86N4O17. The Labute approximate surface area is 470 Å². The number of fused-ring (bicyclic) bond motifs is 3. The molecule has 21 heteroatoms. The summed E-state index contributed by atoms with van der Waals surface area (Å²) in [6, 6.07) is 0. The molecule has 0 saturated carbocycles. The summed E-state index contributed by atoms with van der Waals surface area (Å²) in [5.74, 6) is -7.68. The number of nitrogens with one attached hydrogen (secondary N) is 2. The fourth-order valence-corrected chi connectivity index (χ4v) is 9.84. The van der Waals surface area contributed by atoms with Crippen molar-refractivity contribution in [1.29, 1.82) is 0 Å². The third kappa shape index (κ3) is 16.9. The van der Waals surface area contributed by atoms with Gasteiger partial charge >= 0.3 is 29.8 Å². The minimum Gasteiger partial charge on any atom is -0.507 e. The molecule has 0 unspecified atom stereocenters. The van der Waals surface area contributed by atoms with Crippen LogP contribution in [0.15, 0.2) is 52.3 Å². The number of ether oxygens (including phenoxy) is 7. The van der Waals surface area contributed by atoms with Gasteiger partial charge < -0.3 is 64.0 Å². The summed E-state index contributed by atoms with van der Waals surface area (Å²) in [4.78, 5) is 96.6. The molecule has 1 aromatic rings. The van der Waals surface area contributed by atoms with Crippen LogP contribution in [0.5, 0.6) is 11.5 Å². The van der Waals surface area contributed by atoms with E-state index in [1.807, 2.05) is 0 Å². The van der Waals surface area contributed by atoms with Gasteiger partial charge in [0.25, 0.3) is 5.78 Å². The van der Waals surface area contributed by atoms with E-state index >= 15 is 0 Å². The van der Waals surface area contributed by atoms with Crippen LogP contribution in [0, 0.1) is 36.5 Å². The largest absolute Gasteiger partial charge is 0.507 e. The number of rotatable bonds is 28. The van der Waals surface area contributed by atoms with Crippen LogP contribution in [0.1, 0.15) is 141 Å². The topological polar surface area (TPSA) is 284 Å². The van der Waals surface area contributed by atoms with Gasteiger partial charge in [0.15, 0.2) is 11.6 Å². The first-order valence-corrected chi connectivity index (χ1v) is 27.4. The van der Waals surface area contributed by atoms with Crippen molar-refractivity contribution in [3.8, 4) is 11.5 Å². The Morgan fingerprint density at radius 2 is 1.48 bits per heavy atom. The Hall–Kier alpha value is -6.26. The zero-order valence-corrected chi connectivity index (χ0v) is 49.3. The zero-order chi connectivity index (χ0) is 60.0. The summed E-state index contributed by atoms with van der Waals surface area (Å²) in [6.45, 7) is 25.5. The number of hydrogen-bond acceptors (Lipinski definition) is 20. The lowest BCUT2D eigenvalue weighted by molar-refractivity contribution is -0.158. The molecule has 0 spiro atoms. The summed E-state index contributed by atoms with van der Waals surface area (Å²) in [6.07, 6.45) is 4.11. The van der Waals surface area contributed by atoms with Crippen LogP contribution in [0.3, 0.4) is 0 Å². The molecule has 9 atom stereocenters. The molecule has 4 rings (SSSR count). The lowest BCUT2D eigenvalue weighted by atomic mass is 9.78. The van der Waals surface area contributed by atoms with Crippen molar-refractivity contribution in [2.24, 2.45) is 34.6 Å². The van der Waals surface area contributed by atoms with Crippen LogP contribution in [0.25, 0.3) is 0 Å². The molecule has 21 nitrogen and oxygen atoms in total. The molecule has 444 valence electrons. The lowest BCUT2D eigenvalue weighted by Crippen LogP contribution is -2.46. The van der Waals surface area contributed by atoms with E-state index in [1.54, 1.807) is 80.5 Å². The lowest BCUT2D eigenvalue weighted by Gasteiger charge is -2.38. The number of hydrogen-bond donors (Lipinski definition) is 5. The molecular weight excluding hydrogens is 1040 g/mol. The highest BCUT2D eigenvalue weighted by Gasteiger charge is 2.52. The number of carbonyl (C=O) groups excluding carboxylic acids is 7. The first kappa shape index (κ1) is 66.3. The number of esters is 3. The van der Waals surface area contributed by atoms with Crippen LogP contribution in [0.4, 0.5) is 4.79 Å².